The third-order valence-corrected chi connectivity index (χ3v) is 5.02. The Labute approximate surface area is 184 Å². The maximum Gasteiger partial charge on any atom is 0.355 e. The van der Waals surface area contributed by atoms with Crippen LogP contribution in [0.25, 0.3) is 28.6 Å². The van der Waals surface area contributed by atoms with Crippen molar-refractivity contribution >= 4 is 11.5 Å². The van der Waals surface area contributed by atoms with Gasteiger partial charge in [-0.05, 0) is 37.3 Å². The number of hydrogen-bond acceptors (Lipinski definition) is 5. The Morgan fingerprint density at radius 3 is 2.09 bits per heavy atom. The summed E-state index contributed by atoms with van der Waals surface area (Å²) < 4.78 is 7.52. The van der Waals surface area contributed by atoms with E-state index in [0.717, 1.165) is 22.4 Å². The van der Waals surface area contributed by atoms with Crippen LogP contribution in [0.1, 0.15) is 5.56 Å². The van der Waals surface area contributed by atoms with Crippen molar-refractivity contribution in [1.29, 1.82) is 0 Å². The molecule has 2 heterocycles. The number of anilines is 2. The third-order valence-electron chi connectivity index (χ3n) is 5.02. The molecule has 0 aliphatic carbocycles. The first-order valence-electron chi connectivity index (χ1n) is 10.2. The molecule has 156 valence electrons. The molecule has 5 rings (SSSR count). The van der Waals surface area contributed by atoms with Gasteiger partial charge in [0.25, 0.3) is 0 Å². The van der Waals surface area contributed by atoms with Gasteiger partial charge in [0.2, 0.25) is 5.89 Å². The van der Waals surface area contributed by atoms with Crippen molar-refractivity contribution in [1.82, 2.24) is 14.5 Å². The van der Waals surface area contributed by atoms with Crippen LogP contribution in [-0.4, -0.2) is 14.5 Å². The van der Waals surface area contributed by atoms with Gasteiger partial charge in [0.05, 0.1) is 0 Å². The molecule has 6 nitrogen and oxygen atoms in total. The number of rotatable bonds is 5. The van der Waals surface area contributed by atoms with E-state index in [9.17, 15) is 4.79 Å². The molecule has 0 saturated carbocycles. The van der Waals surface area contributed by atoms with Crippen LogP contribution in [0.15, 0.2) is 106 Å². The van der Waals surface area contributed by atoms with Gasteiger partial charge in [-0.25, -0.2) is 9.36 Å². The Kier molecular flexibility index (Phi) is 5.09. The van der Waals surface area contributed by atoms with Crippen molar-refractivity contribution in [3.05, 3.63) is 113 Å². The van der Waals surface area contributed by atoms with Gasteiger partial charge >= 0.3 is 5.69 Å². The Morgan fingerprint density at radius 1 is 0.781 bits per heavy atom. The molecular weight excluding hydrogens is 400 g/mol. The second-order valence-electron chi connectivity index (χ2n) is 7.36. The molecule has 1 N–H and O–H groups in total. The van der Waals surface area contributed by atoms with Crippen LogP contribution in [0.2, 0.25) is 0 Å². The second kappa shape index (κ2) is 8.35. The average molecular weight is 420 g/mol. The van der Waals surface area contributed by atoms with Crippen molar-refractivity contribution in [2.45, 2.75) is 6.92 Å². The number of oxazole rings is 1. The predicted molar refractivity (Wildman–Crippen MR) is 125 cm³/mol. The molecule has 0 amide bonds. The number of hydrogen-bond donors (Lipinski definition) is 1. The van der Waals surface area contributed by atoms with Crippen LogP contribution >= 0.6 is 0 Å². The highest BCUT2D eigenvalue weighted by Crippen LogP contribution is 2.31. The SMILES string of the molecule is Cc1ccc(Nc2ccn(-c3nc(-c4ccccc4)oc3-c3ccccc3)c(=O)n2)cc1. The number of nitrogens with one attached hydrogen (secondary N) is 1. The molecule has 2 aromatic heterocycles. The van der Waals surface area contributed by atoms with E-state index in [1.807, 2.05) is 91.9 Å². The fraction of sp³-hybridized carbons (Fsp3) is 0.0385. The quantitative estimate of drug-likeness (QED) is 0.400. The summed E-state index contributed by atoms with van der Waals surface area (Å²) in [6.45, 7) is 2.02. The van der Waals surface area contributed by atoms with Gasteiger partial charge in [-0.2, -0.15) is 9.97 Å². The molecule has 0 bridgehead atoms. The van der Waals surface area contributed by atoms with Crippen LogP contribution in [0, 0.1) is 6.92 Å². The zero-order valence-corrected chi connectivity index (χ0v) is 17.4. The van der Waals surface area contributed by atoms with Crippen LogP contribution in [0.5, 0.6) is 0 Å². The van der Waals surface area contributed by atoms with Gasteiger partial charge in [-0.1, -0.05) is 66.2 Å². The number of aromatic nitrogens is 3. The molecule has 32 heavy (non-hydrogen) atoms. The van der Waals surface area contributed by atoms with Gasteiger partial charge < -0.3 is 9.73 Å². The molecule has 0 aliphatic heterocycles. The number of benzene rings is 3. The lowest BCUT2D eigenvalue weighted by atomic mass is 10.2. The lowest BCUT2D eigenvalue weighted by Gasteiger charge is -2.08. The average Bonchev–Trinajstić information content (AvgIpc) is 3.27. The van der Waals surface area contributed by atoms with E-state index in [1.54, 1.807) is 12.3 Å². The van der Waals surface area contributed by atoms with Crippen LogP contribution in [0.3, 0.4) is 0 Å². The van der Waals surface area contributed by atoms with Gasteiger partial charge in [-0.3, -0.25) is 0 Å². The molecule has 3 aromatic carbocycles. The molecular formula is C26H20N4O2. The summed E-state index contributed by atoms with van der Waals surface area (Å²) in [5.41, 5.74) is 3.22. The minimum absolute atomic E-state index is 0.398. The normalized spacial score (nSPS) is 10.8. The summed E-state index contributed by atoms with van der Waals surface area (Å²) in [6.07, 6.45) is 1.66. The topological polar surface area (TPSA) is 73.0 Å². The number of aryl methyl sites for hydroxylation is 1. The maximum atomic E-state index is 12.9. The van der Waals surface area contributed by atoms with Crippen molar-refractivity contribution in [3.8, 4) is 28.6 Å². The number of nitrogens with zero attached hydrogens (tertiary/aromatic N) is 3. The Hall–Kier alpha value is -4.45. The highest BCUT2D eigenvalue weighted by molar-refractivity contribution is 5.69. The highest BCUT2D eigenvalue weighted by atomic mass is 16.4. The minimum atomic E-state index is -0.452. The fourth-order valence-corrected chi connectivity index (χ4v) is 3.38. The van der Waals surface area contributed by atoms with Gasteiger partial charge in [0.1, 0.15) is 5.82 Å². The molecule has 0 spiro atoms. The lowest BCUT2D eigenvalue weighted by Crippen LogP contribution is -2.22. The zero-order valence-electron chi connectivity index (χ0n) is 17.4. The predicted octanol–water partition coefficient (Wildman–Crippen LogP) is 5.61. The lowest BCUT2D eigenvalue weighted by molar-refractivity contribution is 0.588. The Bertz CT molecular complexity index is 1410. The fourth-order valence-electron chi connectivity index (χ4n) is 3.38. The van der Waals surface area contributed by atoms with Crippen molar-refractivity contribution in [3.63, 3.8) is 0 Å². The van der Waals surface area contributed by atoms with Gasteiger partial charge in [0.15, 0.2) is 11.6 Å². The van der Waals surface area contributed by atoms with E-state index in [-0.39, 0.29) is 0 Å². The first-order valence-corrected chi connectivity index (χ1v) is 10.2. The van der Waals surface area contributed by atoms with Crippen molar-refractivity contribution in [2.24, 2.45) is 0 Å². The van der Waals surface area contributed by atoms with E-state index in [1.165, 1.54) is 4.57 Å². The largest absolute Gasteiger partial charge is 0.434 e. The molecule has 0 fully saturated rings. The molecule has 0 radical (unpaired) electrons. The summed E-state index contributed by atoms with van der Waals surface area (Å²) in [5, 5.41) is 3.16. The van der Waals surface area contributed by atoms with Gasteiger partial charge in [0, 0.05) is 23.0 Å². The first kappa shape index (κ1) is 19.5. The monoisotopic (exact) mass is 420 g/mol. The molecule has 0 saturated heterocycles. The minimum Gasteiger partial charge on any atom is -0.434 e. The summed E-state index contributed by atoms with van der Waals surface area (Å²) in [4.78, 5) is 21.8. The molecule has 0 aliphatic rings. The smallest absolute Gasteiger partial charge is 0.355 e. The van der Waals surface area contributed by atoms with Crippen LogP contribution < -0.4 is 11.0 Å². The summed E-state index contributed by atoms with van der Waals surface area (Å²) in [7, 11) is 0. The van der Waals surface area contributed by atoms with Gasteiger partial charge in [-0.15, -0.1) is 0 Å². The standard InChI is InChI=1S/C26H20N4O2/c1-18-12-14-21(15-13-18)27-22-16-17-30(26(31)28-22)24-23(19-8-4-2-5-9-19)32-25(29-24)20-10-6-3-7-11-20/h2-17H,1H3,(H,27,28,31). The van der Waals surface area contributed by atoms with Crippen LogP contribution in [0.4, 0.5) is 11.5 Å². The van der Waals surface area contributed by atoms with Crippen molar-refractivity contribution < 1.29 is 4.42 Å². The summed E-state index contributed by atoms with van der Waals surface area (Å²) in [5.74, 6) is 1.80. The van der Waals surface area contributed by atoms with Crippen LogP contribution in [-0.2, 0) is 0 Å². The third kappa shape index (κ3) is 3.94. The zero-order chi connectivity index (χ0) is 21.9. The van der Waals surface area contributed by atoms with E-state index in [4.69, 9.17) is 4.42 Å². The maximum absolute atomic E-state index is 12.9. The highest BCUT2D eigenvalue weighted by Gasteiger charge is 2.19. The summed E-state index contributed by atoms with van der Waals surface area (Å²) >= 11 is 0. The Balaban J connectivity index is 1.57. The van der Waals surface area contributed by atoms with Crippen molar-refractivity contribution in [2.75, 3.05) is 5.32 Å². The molecule has 6 heteroatoms. The van der Waals surface area contributed by atoms with E-state index < -0.39 is 5.69 Å². The summed E-state index contributed by atoms with van der Waals surface area (Å²) in [6, 6.07) is 28.8. The van der Waals surface area contributed by atoms with E-state index >= 15 is 0 Å². The first-order chi connectivity index (χ1) is 15.7. The second-order valence-corrected chi connectivity index (χ2v) is 7.36. The molecule has 0 unspecified atom stereocenters. The van der Waals surface area contributed by atoms with E-state index in [2.05, 4.69) is 15.3 Å². The Morgan fingerprint density at radius 2 is 1.44 bits per heavy atom. The molecule has 5 aromatic rings. The van der Waals surface area contributed by atoms with E-state index in [0.29, 0.717) is 23.3 Å². The molecule has 0 atom stereocenters.